The Bertz CT molecular complexity index is 409. The van der Waals surface area contributed by atoms with Gasteiger partial charge in [0.2, 0.25) is 5.95 Å². The zero-order chi connectivity index (χ0) is 13.8. The third-order valence-electron chi connectivity index (χ3n) is 3.75. The lowest BCUT2D eigenvalue weighted by Crippen LogP contribution is -2.38. The molecule has 110 valence electrons. The van der Waals surface area contributed by atoms with E-state index in [0.717, 1.165) is 63.3 Å². The summed E-state index contributed by atoms with van der Waals surface area (Å²) in [6.45, 7) is 7.66. The van der Waals surface area contributed by atoms with Crippen molar-refractivity contribution in [3.05, 3.63) is 11.8 Å². The van der Waals surface area contributed by atoms with E-state index in [2.05, 4.69) is 22.8 Å². The first-order valence-electron chi connectivity index (χ1n) is 7.40. The maximum absolute atomic E-state index is 5.41. The molecule has 2 saturated heterocycles. The van der Waals surface area contributed by atoms with Crippen molar-refractivity contribution in [2.75, 3.05) is 60.7 Å². The van der Waals surface area contributed by atoms with Crippen LogP contribution in [0.15, 0.2) is 6.07 Å². The van der Waals surface area contributed by atoms with Crippen LogP contribution in [-0.2, 0) is 11.2 Å². The van der Waals surface area contributed by atoms with Crippen molar-refractivity contribution in [1.82, 2.24) is 9.97 Å². The number of ether oxygens (including phenoxy) is 1. The van der Waals surface area contributed by atoms with Crippen LogP contribution in [0.5, 0.6) is 0 Å². The highest BCUT2D eigenvalue weighted by atomic mass is 32.2. The number of anilines is 2. The molecule has 0 amide bonds. The van der Waals surface area contributed by atoms with E-state index in [-0.39, 0.29) is 0 Å². The third-order valence-corrected chi connectivity index (χ3v) is 4.69. The van der Waals surface area contributed by atoms with Gasteiger partial charge in [0.25, 0.3) is 0 Å². The highest BCUT2D eigenvalue weighted by Gasteiger charge is 2.18. The van der Waals surface area contributed by atoms with E-state index in [4.69, 9.17) is 14.7 Å². The van der Waals surface area contributed by atoms with Crippen LogP contribution in [0.25, 0.3) is 0 Å². The van der Waals surface area contributed by atoms with Gasteiger partial charge in [-0.25, -0.2) is 4.98 Å². The van der Waals surface area contributed by atoms with Crippen LogP contribution in [0.4, 0.5) is 11.8 Å². The molecule has 0 N–H and O–H groups in total. The van der Waals surface area contributed by atoms with E-state index < -0.39 is 0 Å². The van der Waals surface area contributed by atoms with Gasteiger partial charge in [-0.3, -0.25) is 0 Å². The lowest BCUT2D eigenvalue weighted by molar-refractivity contribution is 0.122. The third kappa shape index (κ3) is 3.17. The molecule has 2 fully saturated rings. The number of nitrogens with zero attached hydrogens (tertiary/aromatic N) is 4. The van der Waals surface area contributed by atoms with Gasteiger partial charge in [0, 0.05) is 49.4 Å². The molecule has 0 radical (unpaired) electrons. The van der Waals surface area contributed by atoms with Gasteiger partial charge in [-0.2, -0.15) is 16.7 Å². The molecule has 3 heterocycles. The molecule has 20 heavy (non-hydrogen) atoms. The Morgan fingerprint density at radius 1 is 1.10 bits per heavy atom. The second-order valence-electron chi connectivity index (χ2n) is 5.07. The van der Waals surface area contributed by atoms with Gasteiger partial charge in [-0.05, 0) is 6.42 Å². The van der Waals surface area contributed by atoms with E-state index in [0.29, 0.717) is 0 Å². The first kappa shape index (κ1) is 13.9. The van der Waals surface area contributed by atoms with Crippen LogP contribution in [0.2, 0.25) is 0 Å². The molecule has 0 aliphatic carbocycles. The molecule has 0 bridgehead atoms. The van der Waals surface area contributed by atoms with Crippen LogP contribution < -0.4 is 9.80 Å². The van der Waals surface area contributed by atoms with E-state index >= 15 is 0 Å². The van der Waals surface area contributed by atoms with E-state index in [1.165, 1.54) is 11.5 Å². The fourth-order valence-electron chi connectivity index (χ4n) is 2.51. The summed E-state index contributed by atoms with van der Waals surface area (Å²) in [6, 6.07) is 2.15. The minimum atomic E-state index is 0.773. The average molecular weight is 294 g/mol. The Hall–Kier alpha value is -1.01. The molecular formula is C14H22N4OS. The highest BCUT2D eigenvalue weighted by Crippen LogP contribution is 2.21. The molecule has 0 aromatic carbocycles. The van der Waals surface area contributed by atoms with Crippen LogP contribution in [0.1, 0.15) is 12.6 Å². The van der Waals surface area contributed by atoms with Gasteiger partial charge in [0.1, 0.15) is 5.82 Å². The van der Waals surface area contributed by atoms with Gasteiger partial charge < -0.3 is 14.5 Å². The molecule has 0 atom stereocenters. The number of aryl methyl sites for hydroxylation is 1. The maximum atomic E-state index is 5.41. The van der Waals surface area contributed by atoms with Gasteiger partial charge >= 0.3 is 0 Å². The predicted molar refractivity (Wildman–Crippen MR) is 84.0 cm³/mol. The van der Waals surface area contributed by atoms with Crippen molar-refractivity contribution in [2.45, 2.75) is 13.3 Å². The lowest BCUT2D eigenvalue weighted by atomic mass is 10.3. The average Bonchev–Trinajstić information content (AvgIpc) is 2.56. The summed E-state index contributed by atoms with van der Waals surface area (Å²) < 4.78 is 5.41. The molecule has 0 spiro atoms. The van der Waals surface area contributed by atoms with Gasteiger partial charge in [-0.15, -0.1) is 0 Å². The molecule has 5 nitrogen and oxygen atoms in total. The largest absolute Gasteiger partial charge is 0.378 e. The monoisotopic (exact) mass is 294 g/mol. The first-order chi connectivity index (χ1) is 9.86. The number of thioether (sulfide) groups is 1. The highest BCUT2D eigenvalue weighted by molar-refractivity contribution is 7.99. The van der Waals surface area contributed by atoms with Crippen molar-refractivity contribution in [2.24, 2.45) is 0 Å². The molecule has 0 saturated carbocycles. The summed E-state index contributed by atoms with van der Waals surface area (Å²) in [5.74, 6) is 4.36. The molecule has 2 aliphatic rings. The number of aromatic nitrogens is 2. The Kier molecular flexibility index (Phi) is 4.62. The number of hydrogen-bond donors (Lipinski definition) is 0. The summed E-state index contributed by atoms with van der Waals surface area (Å²) >= 11 is 2.02. The molecule has 3 rings (SSSR count). The number of rotatable bonds is 3. The van der Waals surface area contributed by atoms with E-state index in [1.54, 1.807) is 0 Å². The summed E-state index contributed by atoms with van der Waals surface area (Å²) in [6.07, 6.45) is 0.954. The van der Waals surface area contributed by atoms with Gasteiger partial charge in [-0.1, -0.05) is 6.92 Å². The molecule has 6 heteroatoms. The number of hydrogen-bond acceptors (Lipinski definition) is 6. The Labute approximate surface area is 124 Å². The SMILES string of the molecule is CCc1cc(N2CCSCC2)nc(N2CCOCC2)n1. The van der Waals surface area contributed by atoms with Crippen LogP contribution in [0.3, 0.4) is 0 Å². The van der Waals surface area contributed by atoms with E-state index in [9.17, 15) is 0 Å². The van der Waals surface area contributed by atoms with Gasteiger partial charge in [0.05, 0.1) is 13.2 Å². The predicted octanol–water partition coefficient (Wildman–Crippen LogP) is 1.43. The minimum Gasteiger partial charge on any atom is -0.378 e. The maximum Gasteiger partial charge on any atom is 0.227 e. The second-order valence-corrected chi connectivity index (χ2v) is 6.29. The summed E-state index contributed by atoms with van der Waals surface area (Å²) in [7, 11) is 0. The first-order valence-corrected chi connectivity index (χ1v) is 8.55. The van der Waals surface area contributed by atoms with Crippen molar-refractivity contribution >= 4 is 23.5 Å². The van der Waals surface area contributed by atoms with Crippen molar-refractivity contribution < 1.29 is 4.74 Å². The van der Waals surface area contributed by atoms with Gasteiger partial charge in [0.15, 0.2) is 0 Å². The lowest BCUT2D eigenvalue weighted by Gasteiger charge is -2.30. The molecule has 2 aliphatic heterocycles. The Morgan fingerprint density at radius 3 is 2.55 bits per heavy atom. The molecule has 1 aromatic rings. The summed E-state index contributed by atoms with van der Waals surface area (Å²) in [5, 5.41) is 0. The van der Waals surface area contributed by atoms with E-state index in [1.807, 2.05) is 11.8 Å². The number of morpholine rings is 1. The Balaban J connectivity index is 1.85. The molecular weight excluding hydrogens is 272 g/mol. The normalized spacial score (nSPS) is 20.2. The zero-order valence-corrected chi connectivity index (χ0v) is 12.9. The Morgan fingerprint density at radius 2 is 1.85 bits per heavy atom. The standard InChI is InChI=1S/C14H22N4OS/c1-2-12-11-13(17-5-9-20-10-6-17)16-14(15-12)18-3-7-19-8-4-18/h11H,2-10H2,1H3. The summed E-state index contributed by atoms with van der Waals surface area (Å²) in [5.41, 5.74) is 1.13. The van der Waals surface area contributed by atoms with Crippen molar-refractivity contribution in [3.63, 3.8) is 0 Å². The van der Waals surface area contributed by atoms with Crippen molar-refractivity contribution in [3.8, 4) is 0 Å². The smallest absolute Gasteiger partial charge is 0.227 e. The molecule has 1 aromatic heterocycles. The topological polar surface area (TPSA) is 41.5 Å². The van der Waals surface area contributed by atoms with Crippen molar-refractivity contribution in [1.29, 1.82) is 0 Å². The fraction of sp³-hybridized carbons (Fsp3) is 0.714. The second kappa shape index (κ2) is 6.63. The van der Waals surface area contributed by atoms with Crippen LogP contribution in [-0.4, -0.2) is 60.9 Å². The van der Waals surface area contributed by atoms with Crippen LogP contribution in [0, 0.1) is 0 Å². The quantitative estimate of drug-likeness (QED) is 0.840. The van der Waals surface area contributed by atoms with Crippen LogP contribution >= 0.6 is 11.8 Å². The molecule has 0 unspecified atom stereocenters. The zero-order valence-electron chi connectivity index (χ0n) is 12.0. The minimum absolute atomic E-state index is 0.773. The summed E-state index contributed by atoms with van der Waals surface area (Å²) in [4.78, 5) is 14.1. The fourth-order valence-corrected chi connectivity index (χ4v) is 3.41.